The van der Waals surface area contributed by atoms with Crippen LogP contribution in [0.1, 0.15) is 12.8 Å². The Bertz CT molecular complexity index is 158. The highest BCUT2D eigenvalue weighted by atomic mass is 32.2. The maximum absolute atomic E-state index is 9.44. The summed E-state index contributed by atoms with van der Waals surface area (Å²) in [6.45, 7) is 1.04. The third-order valence-corrected chi connectivity index (χ3v) is 4.10. The van der Waals surface area contributed by atoms with Crippen LogP contribution in [-0.2, 0) is 4.74 Å². The zero-order chi connectivity index (χ0) is 10.4. The third-order valence-electron chi connectivity index (χ3n) is 2.93. The van der Waals surface area contributed by atoms with Crippen LogP contribution in [0.15, 0.2) is 0 Å². The summed E-state index contributed by atoms with van der Waals surface area (Å²) in [7, 11) is 3.67. The van der Waals surface area contributed by atoms with Crippen molar-refractivity contribution < 1.29 is 9.84 Å². The van der Waals surface area contributed by atoms with Gasteiger partial charge in [0.05, 0.1) is 18.8 Å². The van der Waals surface area contributed by atoms with Crippen molar-refractivity contribution in [3.8, 4) is 0 Å². The first-order chi connectivity index (χ1) is 6.79. The van der Waals surface area contributed by atoms with Gasteiger partial charge in [-0.1, -0.05) is 0 Å². The van der Waals surface area contributed by atoms with Crippen molar-refractivity contribution in [3.63, 3.8) is 0 Å². The average Bonchev–Trinajstić information content (AvgIpc) is 3.03. The van der Waals surface area contributed by atoms with Crippen LogP contribution >= 0.6 is 11.8 Å². The smallest absolute Gasteiger partial charge is 0.0624 e. The standard InChI is InChI=1S/C10H21NO2S/c1-11-10(7-12,9-3-4-9)8-14-6-5-13-2/h9,11-12H,3-8H2,1-2H3. The zero-order valence-electron chi connectivity index (χ0n) is 9.08. The predicted molar refractivity (Wildman–Crippen MR) is 60.8 cm³/mol. The molecule has 2 N–H and O–H groups in total. The Morgan fingerprint density at radius 1 is 1.57 bits per heavy atom. The molecule has 0 aromatic rings. The second kappa shape index (κ2) is 5.95. The maximum atomic E-state index is 9.44. The van der Waals surface area contributed by atoms with Crippen LogP contribution in [0.5, 0.6) is 0 Å². The van der Waals surface area contributed by atoms with E-state index in [0.29, 0.717) is 5.92 Å². The van der Waals surface area contributed by atoms with Crippen molar-refractivity contribution in [1.82, 2.24) is 5.32 Å². The number of thioether (sulfide) groups is 1. The van der Waals surface area contributed by atoms with Crippen molar-refractivity contribution in [2.45, 2.75) is 18.4 Å². The van der Waals surface area contributed by atoms with E-state index in [1.807, 2.05) is 18.8 Å². The van der Waals surface area contributed by atoms with Gasteiger partial charge in [0.2, 0.25) is 0 Å². The maximum Gasteiger partial charge on any atom is 0.0624 e. The number of aliphatic hydroxyl groups excluding tert-OH is 1. The Kier molecular flexibility index (Phi) is 5.23. The molecule has 0 spiro atoms. The van der Waals surface area contributed by atoms with Crippen LogP contribution in [-0.4, -0.2) is 49.5 Å². The number of hydrogen-bond acceptors (Lipinski definition) is 4. The molecule has 1 atom stereocenters. The third kappa shape index (κ3) is 3.12. The Morgan fingerprint density at radius 3 is 2.71 bits per heavy atom. The van der Waals surface area contributed by atoms with Crippen molar-refractivity contribution in [2.24, 2.45) is 5.92 Å². The molecule has 1 aliphatic rings. The Labute approximate surface area is 90.6 Å². The first-order valence-electron chi connectivity index (χ1n) is 5.15. The van der Waals surface area contributed by atoms with Crippen molar-refractivity contribution in [2.75, 3.05) is 38.9 Å². The van der Waals surface area contributed by atoms with E-state index in [0.717, 1.165) is 18.1 Å². The second-order valence-electron chi connectivity index (χ2n) is 3.88. The van der Waals surface area contributed by atoms with Gasteiger partial charge in [0.15, 0.2) is 0 Å². The molecule has 1 saturated carbocycles. The van der Waals surface area contributed by atoms with Gasteiger partial charge in [-0.2, -0.15) is 11.8 Å². The van der Waals surface area contributed by atoms with Crippen LogP contribution in [0, 0.1) is 5.92 Å². The number of methoxy groups -OCH3 is 1. The Hall–Kier alpha value is 0.230. The summed E-state index contributed by atoms with van der Waals surface area (Å²) >= 11 is 1.85. The SMILES string of the molecule is CNC(CO)(CSCCOC)C1CC1. The molecule has 1 unspecified atom stereocenters. The summed E-state index contributed by atoms with van der Waals surface area (Å²) in [5, 5.41) is 12.7. The van der Waals surface area contributed by atoms with Gasteiger partial charge in [0.25, 0.3) is 0 Å². The van der Waals surface area contributed by atoms with Crippen LogP contribution in [0.4, 0.5) is 0 Å². The lowest BCUT2D eigenvalue weighted by molar-refractivity contribution is 0.167. The van der Waals surface area contributed by atoms with E-state index in [1.54, 1.807) is 7.11 Å². The summed E-state index contributed by atoms with van der Waals surface area (Å²) in [5.41, 5.74) is -0.0432. The summed E-state index contributed by atoms with van der Waals surface area (Å²) in [4.78, 5) is 0. The van der Waals surface area contributed by atoms with Gasteiger partial charge >= 0.3 is 0 Å². The topological polar surface area (TPSA) is 41.5 Å². The van der Waals surface area contributed by atoms with Gasteiger partial charge in [-0.15, -0.1) is 0 Å². The fourth-order valence-corrected chi connectivity index (χ4v) is 2.94. The molecular formula is C10H21NO2S. The van der Waals surface area contributed by atoms with Gasteiger partial charge in [0, 0.05) is 18.6 Å². The molecule has 0 aromatic heterocycles. The van der Waals surface area contributed by atoms with E-state index >= 15 is 0 Å². The van der Waals surface area contributed by atoms with E-state index in [1.165, 1.54) is 12.8 Å². The molecule has 0 bridgehead atoms. The molecule has 0 amide bonds. The molecule has 1 fully saturated rings. The molecule has 0 heterocycles. The molecule has 1 aliphatic carbocycles. The minimum atomic E-state index is -0.0432. The molecule has 0 aliphatic heterocycles. The number of ether oxygens (including phenoxy) is 1. The predicted octanol–water partition coefficient (Wildman–Crippen LogP) is 0.726. The lowest BCUT2D eigenvalue weighted by atomic mass is 9.97. The van der Waals surface area contributed by atoms with Crippen molar-refractivity contribution in [3.05, 3.63) is 0 Å². The highest BCUT2D eigenvalue weighted by Crippen LogP contribution is 2.40. The van der Waals surface area contributed by atoms with Crippen molar-refractivity contribution in [1.29, 1.82) is 0 Å². The van der Waals surface area contributed by atoms with E-state index in [4.69, 9.17) is 4.74 Å². The van der Waals surface area contributed by atoms with Crippen molar-refractivity contribution >= 4 is 11.8 Å². The fraction of sp³-hybridized carbons (Fsp3) is 1.00. The monoisotopic (exact) mass is 219 g/mol. The molecule has 0 saturated heterocycles. The van der Waals surface area contributed by atoms with Gasteiger partial charge in [-0.3, -0.25) is 0 Å². The lowest BCUT2D eigenvalue weighted by Crippen LogP contribution is -2.51. The number of hydrogen-bond donors (Lipinski definition) is 2. The first-order valence-corrected chi connectivity index (χ1v) is 6.31. The molecule has 1 rings (SSSR count). The number of likely N-dealkylation sites (N-methyl/N-ethyl adjacent to an activating group) is 1. The zero-order valence-corrected chi connectivity index (χ0v) is 9.90. The Morgan fingerprint density at radius 2 is 2.29 bits per heavy atom. The molecule has 0 radical (unpaired) electrons. The minimum absolute atomic E-state index is 0.0432. The fourth-order valence-electron chi connectivity index (χ4n) is 1.68. The quantitative estimate of drug-likeness (QED) is 0.591. The Balaban J connectivity index is 2.27. The lowest BCUT2D eigenvalue weighted by Gasteiger charge is -2.31. The number of nitrogens with one attached hydrogen (secondary N) is 1. The van der Waals surface area contributed by atoms with Gasteiger partial charge in [-0.25, -0.2) is 0 Å². The molecule has 14 heavy (non-hydrogen) atoms. The molecule has 4 heteroatoms. The van der Waals surface area contributed by atoms with Gasteiger partial charge < -0.3 is 15.2 Å². The summed E-state index contributed by atoms with van der Waals surface area (Å²) < 4.78 is 5.00. The molecule has 0 aromatic carbocycles. The summed E-state index contributed by atoms with van der Waals surface area (Å²) in [6, 6.07) is 0. The highest BCUT2D eigenvalue weighted by molar-refractivity contribution is 7.99. The van der Waals surface area contributed by atoms with Gasteiger partial charge in [-0.05, 0) is 25.8 Å². The van der Waals surface area contributed by atoms with E-state index in [2.05, 4.69) is 5.32 Å². The second-order valence-corrected chi connectivity index (χ2v) is 4.99. The van der Waals surface area contributed by atoms with Crippen LogP contribution in [0.3, 0.4) is 0 Å². The van der Waals surface area contributed by atoms with Crippen LogP contribution in [0.25, 0.3) is 0 Å². The van der Waals surface area contributed by atoms with Crippen LogP contribution in [0.2, 0.25) is 0 Å². The van der Waals surface area contributed by atoms with E-state index in [9.17, 15) is 5.11 Å². The molecule has 84 valence electrons. The normalized spacial score (nSPS) is 20.8. The molecule has 3 nitrogen and oxygen atoms in total. The van der Waals surface area contributed by atoms with E-state index < -0.39 is 0 Å². The summed E-state index contributed by atoms with van der Waals surface area (Å²) in [5.74, 6) is 2.66. The number of rotatable bonds is 8. The highest BCUT2D eigenvalue weighted by Gasteiger charge is 2.43. The number of aliphatic hydroxyl groups is 1. The largest absolute Gasteiger partial charge is 0.394 e. The summed E-state index contributed by atoms with van der Waals surface area (Å²) in [6.07, 6.45) is 2.51. The first kappa shape index (κ1) is 12.3. The molecular weight excluding hydrogens is 198 g/mol. The van der Waals surface area contributed by atoms with E-state index in [-0.39, 0.29) is 12.1 Å². The minimum Gasteiger partial charge on any atom is -0.394 e. The van der Waals surface area contributed by atoms with Gasteiger partial charge in [0.1, 0.15) is 0 Å². The van der Waals surface area contributed by atoms with Crippen LogP contribution < -0.4 is 5.32 Å². The average molecular weight is 219 g/mol.